The number of aryl methyl sites for hydroxylation is 1. The Labute approximate surface area is 130 Å². The molecule has 1 fully saturated rings. The lowest BCUT2D eigenvalue weighted by Crippen LogP contribution is -2.36. The van der Waals surface area contributed by atoms with Gasteiger partial charge in [-0.1, -0.05) is 18.2 Å². The number of aromatic amines is 1. The first kappa shape index (κ1) is 13.7. The van der Waals surface area contributed by atoms with Crippen molar-refractivity contribution in [3.05, 3.63) is 42.2 Å². The van der Waals surface area contributed by atoms with E-state index in [1.807, 2.05) is 6.20 Å². The Kier molecular flexibility index (Phi) is 3.79. The smallest absolute Gasteiger partial charge is 0.0684 e. The second kappa shape index (κ2) is 6.07. The number of morpholine rings is 1. The molecule has 1 N–H and O–H groups in total. The summed E-state index contributed by atoms with van der Waals surface area (Å²) in [6, 6.07) is 10.6. The second-order valence-corrected chi connectivity index (χ2v) is 5.91. The van der Waals surface area contributed by atoms with Gasteiger partial charge in [0.1, 0.15) is 0 Å². The summed E-state index contributed by atoms with van der Waals surface area (Å²) in [5.74, 6) is 0. The van der Waals surface area contributed by atoms with Gasteiger partial charge in [-0.15, -0.1) is 0 Å². The summed E-state index contributed by atoms with van der Waals surface area (Å²) in [6.45, 7) is 4.99. The zero-order valence-corrected chi connectivity index (χ0v) is 12.7. The van der Waals surface area contributed by atoms with Gasteiger partial charge >= 0.3 is 0 Å². The molecule has 0 atom stereocenters. The van der Waals surface area contributed by atoms with Crippen LogP contribution in [0.1, 0.15) is 12.1 Å². The average molecular weight is 295 g/mol. The lowest BCUT2D eigenvalue weighted by Gasteiger charge is -2.26. The highest BCUT2D eigenvalue weighted by Crippen LogP contribution is 2.26. The van der Waals surface area contributed by atoms with E-state index in [1.165, 1.54) is 27.5 Å². The third-order valence-electron chi connectivity index (χ3n) is 4.50. The van der Waals surface area contributed by atoms with Crippen molar-refractivity contribution in [1.29, 1.82) is 0 Å². The van der Waals surface area contributed by atoms with E-state index in [0.717, 1.165) is 45.7 Å². The molecule has 0 amide bonds. The van der Waals surface area contributed by atoms with Gasteiger partial charge in [0.25, 0.3) is 0 Å². The van der Waals surface area contributed by atoms with Gasteiger partial charge in [-0.25, -0.2) is 0 Å². The van der Waals surface area contributed by atoms with E-state index < -0.39 is 0 Å². The minimum Gasteiger partial charge on any atom is -0.379 e. The predicted octanol–water partition coefficient (Wildman–Crippen LogP) is 2.98. The molecule has 2 aromatic heterocycles. The van der Waals surface area contributed by atoms with Crippen LogP contribution in [-0.2, 0) is 11.2 Å². The number of rotatable bonds is 4. The van der Waals surface area contributed by atoms with Crippen molar-refractivity contribution in [2.75, 3.05) is 32.8 Å². The van der Waals surface area contributed by atoms with Gasteiger partial charge in [0.2, 0.25) is 0 Å². The van der Waals surface area contributed by atoms with Crippen LogP contribution in [-0.4, -0.2) is 47.7 Å². The van der Waals surface area contributed by atoms with Crippen LogP contribution in [0.4, 0.5) is 0 Å². The van der Waals surface area contributed by atoms with E-state index in [-0.39, 0.29) is 0 Å². The lowest BCUT2D eigenvalue weighted by molar-refractivity contribution is 0.0374. The van der Waals surface area contributed by atoms with Crippen molar-refractivity contribution in [2.24, 2.45) is 0 Å². The summed E-state index contributed by atoms with van der Waals surface area (Å²) >= 11 is 0. The predicted molar refractivity (Wildman–Crippen MR) is 89.2 cm³/mol. The molecule has 3 aromatic rings. The largest absolute Gasteiger partial charge is 0.379 e. The molecule has 4 heteroatoms. The Balaban J connectivity index is 1.53. The highest BCUT2D eigenvalue weighted by Gasteiger charge is 2.12. The molecule has 0 radical (unpaired) electrons. The molecule has 3 heterocycles. The van der Waals surface area contributed by atoms with E-state index in [9.17, 15) is 0 Å². The first-order valence-electron chi connectivity index (χ1n) is 8.06. The van der Waals surface area contributed by atoms with Crippen molar-refractivity contribution >= 4 is 21.8 Å². The van der Waals surface area contributed by atoms with E-state index in [1.54, 1.807) is 0 Å². The highest BCUT2D eigenvalue weighted by atomic mass is 16.5. The maximum atomic E-state index is 5.40. The fourth-order valence-corrected chi connectivity index (χ4v) is 3.32. The molecule has 0 bridgehead atoms. The zero-order valence-electron chi connectivity index (χ0n) is 12.7. The first-order valence-corrected chi connectivity index (χ1v) is 8.06. The van der Waals surface area contributed by atoms with Crippen LogP contribution in [0.15, 0.2) is 36.5 Å². The summed E-state index contributed by atoms with van der Waals surface area (Å²) in [6.07, 6.45) is 4.09. The molecule has 0 aliphatic carbocycles. The monoisotopic (exact) mass is 295 g/mol. The third-order valence-corrected chi connectivity index (χ3v) is 4.50. The van der Waals surface area contributed by atoms with E-state index >= 15 is 0 Å². The fraction of sp³-hybridized carbons (Fsp3) is 0.389. The van der Waals surface area contributed by atoms with Crippen molar-refractivity contribution in [2.45, 2.75) is 12.8 Å². The SMILES string of the molecule is c1ccc2c(c1)[nH]c1c(CCCN3CCOCC3)nccc12. The summed E-state index contributed by atoms with van der Waals surface area (Å²) in [7, 11) is 0. The molecule has 1 saturated heterocycles. The number of para-hydroxylation sites is 1. The lowest BCUT2D eigenvalue weighted by atomic mass is 10.1. The number of nitrogens with zero attached hydrogens (tertiary/aromatic N) is 2. The van der Waals surface area contributed by atoms with E-state index in [4.69, 9.17) is 4.74 Å². The number of aromatic nitrogens is 2. The molecular formula is C18H21N3O. The van der Waals surface area contributed by atoms with Crippen molar-refractivity contribution in [1.82, 2.24) is 14.9 Å². The molecule has 0 unspecified atom stereocenters. The Morgan fingerprint density at radius 1 is 1.09 bits per heavy atom. The van der Waals surface area contributed by atoms with Gasteiger partial charge in [0, 0.05) is 35.6 Å². The molecule has 4 nitrogen and oxygen atoms in total. The molecule has 114 valence electrons. The Hall–Kier alpha value is -1.91. The molecule has 1 aromatic carbocycles. The molecule has 0 spiro atoms. The fourth-order valence-electron chi connectivity index (χ4n) is 3.32. The quantitative estimate of drug-likeness (QED) is 0.804. The van der Waals surface area contributed by atoms with Crippen LogP contribution in [0.5, 0.6) is 0 Å². The van der Waals surface area contributed by atoms with Crippen LogP contribution in [0.25, 0.3) is 21.8 Å². The molecule has 1 aliphatic rings. The molecule has 22 heavy (non-hydrogen) atoms. The minimum absolute atomic E-state index is 0.871. The number of hydrogen-bond acceptors (Lipinski definition) is 3. The van der Waals surface area contributed by atoms with Crippen LogP contribution in [0.2, 0.25) is 0 Å². The standard InChI is InChI=1S/C18H21N3O/c1-2-5-16-14(4-1)15-7-8-19-17(18(15)20-16)6-3-9-21-10-12-22-13-11-21/h1-2,4-5,7-8,20H,3,6,9-13H2. The number of fused-ring (bicyclic) bond motifs is 3. The van der Waals surface area contributed by atoms with Crippen LogP contribution < -0.4 is 0 Å². The van der Waals surface area contributed by atoms with Crippen molar-refractivity contribution < 1.29 is 4.74 Å². The second-order valence-electron chi connectivity index (χ2n) is 5.91. The van der Waals surface area contributed by atoms with Gasteiger partial charge in [-0.3, -0.25) is 9.88 Å². The topological polar surface area (TPSA) is 41.2 Å². The third kappa shape index (κ3) is 2.60. The number of ether oxygens (including phenoxy) is 1. The number of pyridine rings is 1. The summed E-state index contributed by atoms with van der Waals surface area (Å²) in [5, 5.41) is 2.57. The van der Waals surface area contributed by atoms with Gasteiger partial charge in [-0.2, -0.15) is 0 Å². The molecule has 1 aliphatic heterocycles. The van der Waals surface area contributed by atoms with Gasteiger partial charge in [0.15, 0.2) is 0 Å². The Bertz CT molecular complexity index is 774. The number of nitrogens with one attached hydrogen (secondary N) is 1. The van der Waals surface area contributed by atoms with Crippen LogP contribution >= 0.6 is 0 Å². The molecule has 0 saturated carbocycles. The highest BCUT2D eigenvalue weighted by molar-refractivity contribution is 6.07. The molecular weight excluding hydrogens is 274 g/mol. The maximum absolute atomic E-state index is 5.40. The summed E-state index contributed by atoms with van der Waals surface area (Å²) < 4.78 is 5.40. The Morgan fingerprint density at radius 3 is 2.86 bits per heavy atom. The summed E-state index contributed by atoms with van der Waals surface area (Å²) in [5.41, 5.74) is 3.58. The minimum atomic E-state index is 0.871. The number of hydrogen-bond donors (Lipinski definition) is 1. The van der Waals surface area contributed by atoms with Gasteiger partial charge in [-0.05, 0) is 31.5 Å². The van der Waals surface area contributed by atoms with Crippen molar-refractivity contribution in [3.8, 4) is 0 Å². The number of benzene rings is 1. The zero-order chi connectivity index (χ0) is 14.8. The van der Waals surface area contributed by atoms with Gasteiger partial charge in [0.05, 0.1) is 24.4 Å². The normalized spacial score (nSPS) is 16.5. The van der Waals surface area contributed by atoms with E-state index in [2.05, 4.69) is 45.2 Å². The van der Waals surface area contributed by atoms with Crippen molar-refractivity contribution in [3.63, 3.8) is 0 Å². The first-order chi connectivity index (χ1) is 10.9. The summed E-state index contributed by atoms with van der Waals surface area (Å²) in [4.78, 5) is 10.6. The molecule has 4 rings (SSSR count). The number of H-pyrrole nitrogens is 1. The van der Waals surface area contributed by atoms with E-state index in [0.29, 0.717) is 0 Å². The maximum Gasteiger partial charge on any atom is 0.0684 e. The van der Waals surface area contributed by atoms with Crippen LogP contribution in [0.3, 0.4) is 0 Å². The van der Waals surface area contributed by atoms with Gasteiger partial charge < -0.3 is 9.72 Å². The van der Waals surface area contributed by atoms with Crippen LogP contribution in [0, 0.1) is 0 Å². The average Bonchev–Trinajstić information content (AvgIpc) is 2.96. The Morgan fingerprint density at radius 2 is 1.95 bits per heavy atom.